The molecule has 0 aromatic heterocycles. The van der Waals surface area contributed by atoms with E-state index in [-0.39, 0.29) is 12.2 Å². The molecule has 0 bridgehead atoms. The van der Waals surface area contributed by atoms with Crippen molar-refractivity contribution in [2.45, 2.75) is 44.9 Å². The highest BCUT2D eigenvalue weighted by Crippen LogP contribution is 2.45. The molecule has 0 aliphatic carbocycles. The second kappa shape index (κ2) is 9.70. The summed E-state index contributed by atoms with van der Waals surface area (Å²) < 4.78 is 39.0. The molecule has 10 nitrogen and oxygen atoms in total. The molecule has 2 unspecified atom stereocenters. The highest BCUT2D eigenvalue weighted by molar-refractivity contribution is 7.57. The maximum Gasteiger partial charge on any atom is 0.338 e. The minimum atomic E-state index is -3.16. The van der Waals surface area contributed by atoms with Gasteiger partial charge in [-0.2, -0.15) is 0 Å². The Morgan fingerprint density at radius 2 is 1.87 bits per heavy atom. The van der Waals surface area contributed by atoms with Crippen LogP contribution in [-0.4, -0.2) is 66.7 Å². The van der Waals surface area contributed by atoms with Crippen LogP contribution < -0.4 is 0 Å². The molecule has 1 aliphatic heterocycles. The average molecular weight is 444 g/mol. The number of benzene rings is 1. The van der Waals surface area contributed by atoms with Crippen LogP contribution in [-0.2, 0) is 37.6 Å². The number of carbonyl (C=O) groups is 3. The molecule has 1 saturated heterocycles. The molecule has 5 atom stereocenters. The van der Waals surface area contributed by atoms with Gasteiger partial charge in [0.15, 0.2) is 11.7 Å². The topological polar surface area (TPSA) is 135 Å². The maximum atomic E-state index is 12.6. The van der Waals surface area contributed by atoms with Crippen LogP contribution >= 0.6 is 7.37 Å². The van der Waals surface area contributed by atoms with Crippen molar-refractivity contribution in [1.29, 1.82) is 0 Å². The van der Waals surface area contributed by atoms with Gasteiger partial charge in [0, 0.05) is 13.6 Å². The summed E-state index contributed by atoms with van der Waals surface area (Å²) in [4.78, 5) is 36.1. The molecule has 1 aromatic carbocycles. The number of esters is 2. The summed E-state index contributed by atoms with van der Waals surface area (Å²) in [5, 5.41) is 9.62. The standard InChI is InChI=1S/C19H25O10P/c1-5-26-30(4,24)11-25-18-15(27-12(2)20)19(3,14(28-18)16(21)22)29-17(23)13-9-7-6-8-10-13/h6-10,14-15,18H,5,11H2,1-4H3,(H,21,22)/t14-,15-,18-,19?,30?/m0/s1. The molecule has 0 spiro atoms. The van der Waals surface area contributed by atoms with Crippen molar-refractivity contribution in [2.75, 3.05) is 19.6 Å². The SMILES string of the molecule is CCOP(C)(=O)CO[C@H]1O[C@@H](C(=O)O)C(C)(OC(=O)c2ccccc2)[C@H]1OC(C)=O. The van der Waals surface area contributed by atoms with Gasteiger partial charge in [-0.15, -0.1) is 0 Å². The van der Waals surface area contributed by atoms with E-state index < -0.39 is 55.7 Å². The second-order valence-electron chi connectivity index (χ2n) is 6.92. The first kappa shape index (κ1) is 24.0. The fraction of sp³-hybridized carbons (Fsp3) is 0.526. The Labute approximate surface area is 173 Å². The largest absolute Gasteiger partial charge is 0.479 e. The molecule has 1 aromatic rings. The number of carbonyl (C=O) groups excluding carboxylic acids is 2. The lowest BCUT2D eigenvalue weighted by Crippen LogP contribution is -2.53. The Morgan fingerprint density at radius 3 is 2.40 bits per heavy atom. The number of aliphatic carboxylic acids is 1. The predicted octanol–water partition coefficient (Wildman–Crippen LogP) is 2.26. The molecule has 11 heteroatoms. The number of ether oxygens (including phenoxy) is 4. The van der Waals surface area contributed by atoms with Gasteiger partial charge in [0.1, 0.15) is 6.35 Å². The van der Waals surface area contributed by atoms with Crippen LogP contribution in [0.1, 0.15) is 31.1 Å². The third-order valence-corrected chi connectivity index (χ3v) is 5.74. The Kier molecular flexibility index (Phi) is 7.76. The molecule has 1 N–H and O–H groups in total. The van der Waals surface area contributed by atoms with Crippen molar-refractivity contribution in [1.82, 2.24) is 0 Å². The van der Waals surface area contributed by atoms with Crippen LogP contribution in [0, 0.1) is 0 Å². The molecule has 0 saturated carbocycles. The highest BCUT2D eigenvalue weighted by atomic mass is 31.2. The lowest BCUT2D eigenvalue weighted by atomic mass is 9.94. The van der Waals surface area contributed by atoms with Gasteiger partial charge in [-0.05, 0) is 26.0 Å². The van der Waals surface area contributed by atoms with Crippen LogP contribution in [0.2, 0.25) is 0 Å². The zero-order valence-corrected chi connectivity index (χ0v) is 18.0. The van der Waals surface area contributed by atoms with E-state index in [9.17, 15) is 24.1 Å². The average Bonchev–Trinajstić information content (AvgIpc) is 2.92. The summed E-state index contributed by atoms with van der Waals surface area (Å²) in [5.41, 5.74) is -1.75. The molecule has 1 aliphatic rings. The maximum absolute atomic E-state index is 12.6. The van der Waals surface area contributed by atoms with Gasteiger partial charge in [-0.1, -0.05) is 18.2 Å². The summed E-state index contributed by atoms with van der Waals surface area (Å²) in [6.45, 7) is 5.56. The highest BCUT2D eigenvalue weighted by Gasteiger charge is 2.62. The Bertz CT molecular complexity index is 826. The third-order valence-electron chi connectivity index (χ3n) is 4.32. The molecule has 30 heavy (non-hydrogen) atoms. The molecular formula is C19H25O10P. The first-order valence-electron chi connectivity index (χ1n) is 9.16. The second-order valence-corrected chi connectivity index (χ2v) is 9.46. The van der Waals surface area contributed by atoms with E-state index >= 15 is 0 Å². The van der Waals surface area contributed by atoms with Gasteiger partial charge >= 0.3 is 17.9 Å². The summed E-state index contributed by atoms with van der Waals surface area (Å²) in [7, 11) is -3.16. The smallest absolute Gasteiger partial charge is 0.338 e. The molecule has 0 radical (unpaired) electrons. The number of carboxylic acids is 1. The quantitative estimate of drug-likeness (QED) is 0.446. The molecular weight excluding hydrogens is 419 g/mol. The van der Waals surface area contributed by atoms with Crippen LogP contribution in [0.3, 0.4) is 0 Å². The van der Waals surface area contributed by atoms with Crippen LogP contribution in [0.5, 0.6) is 0 Å². The monoisotopic (exact) mass is 444 g/mol. The fourth-order valence-electron chi connectivity index (χ4n) is 3.01. The fourth-order valence-corrected chi connectivity index (χ4v) is 4.04. The number of carboxylic acid groups (broad SMARTS) is 1. The van der Waals surface area contributed by atoms with E-state index in [1.807, 2.05) is 0 Å². The van der Waals surface area contributed by atoms with Crippen molar-refractivity contribution in [3.63, 3.8) is 0 Å². The van der Waals surface area contributed by atoms with Crippen LogP contribution in [0.25, 0.3) is 0 Å². The lowest BCUT2D eigenvalue weighted by Gasteiger charge is -2.32. The van der Waals surface area contributed by atoms with Crippen LogP contribution in [0.15, 0.2) is 30.3 Å². The third kappa shape index (κ3) is 5.66. The molecule has 1 fully saturated rings. The van der Waals surface area contributed by atoms with Gasteiger partial charge in [0.05, 0.1) is 12.2 Å². The lowest BCUT2D eigenvalue weighted by molar-refractivity contribution is -0.186. The van der Waals surface area contributed by atoms with E-state index in [2.05, 4.69) is 0 Å². The van der Waals surface area contributed by atoms with Gasteiger partial charge in [-0.3, -0.25) is 9.36 Å². The van der Waals surface area contributed by atoms with E-state index in [4.69, 9.17) is 23.5 Å². The zero-order valence-electron chi connectivity index (χ0n) is 17.1. The Balaban J connectivity index is 2.33. The van der Waals surface area contributed by atoms with Crippen LogP contribution in [0.4, 0.5) is 0 Å². The molecule has 166 valence electrons. The molecule has 0 amide bonds. The summed E-state index contributed by atoms with van der Waals surface area (Å²) in [5.74, 6) is -3.05. The van der Waals surface area contributed by atoms with Crippen molar-refractivity contribution in [3.8, 4) is 0 Å². The van der Waals surface area contributed by atoms with Crippen molar-refractivity contribution in [2.24, 2.45) is 0 Å². The van der Waals surface area contributed by atoms with Gasteiger partial charge in [0.25, 0.3) is 0 Å². The van der Waals surface area contributed by atoms with E-state index in [0.717, 1.165) is 6.92 Å². The number of hydrogen-bond donors (Lipinski definition) is 1. The normalized spacial score (nSPS) is 27.8. The van der Waals surface area contributed by atoms with Crippen molar-refractivity contribution < 1.29 is 47.5 Å². The van der Waals surface area contributed by atoms with E-state index in [1.54, 1.807) is 25.1 Å². The van der Waals surface area contributed by atoms with Gasteiger partial charge in [-0.25, -0.2) is 9.59 Å². The Hall–Kier alpha value is -2.26. The first-order chi connectivity index (χ1) is 14.0. The zero-order chi connectivity index (χ0) is 22.5. The number of rotatable bonds is 9. The predicted molar refractivity (Wildman–Crippen MR) is 103 cm³/mol. The summed E-state index contributed by atoms with van der Waals surface area (Å²) in [6, 6.07) is 7.90. The summed E-state index contributed by atoms with van der Waals surface area (Å²) >= 11 is 0. The summed E-state index contributed by atoms with van der Waals surface area (Å²) in [6.07, 6.45) is -5.00. The van der Waals surface area contributed by atoms with Crippen molar-refractivity contribution in [3.05, 3.63) is 35.9 Å². The number of hydrogen-bond acceptors (Lipinski definition) is 9. The minimum absolute atomic E-state index is 0.170. The first-order valence-corrected chi connectivity index (χ1v) is 11.4. The van der Waals surface area contributed by atoms with E-state index in [1.165, 1.54) is 25.7 Å². The van der Waals surface area contributed by atoms with E-state index in [0.29, 0.717) is 0 Å². The molecule has 1 heterocycles. The van der Waals surface area contributed by atoms with Gasteiger partial charge in [0.2, 0.25) is 19.8 Å². The molecule has 2 rings (SSSR count). The minimum Gasteiger partial charge on any atom is -0.479 e. The van der Waals surface area contributed by atoms with Crippen molar-refractivity contribution >= 4 is 25.3 Å². The van der Waals surface area contributed by atoms with Gasteiger partial charge < -0.3 is 28.6 Å². The Morgan fingerprint density at radius 1 is 1.23 bits per heavy atom.